The third kappa shape index (κ3) is 3.68. The lowest BCUT2D eigenvalue weighted by molar-refractivity contribution is 0.0946. The highest BCUT2D eigenvalue weighted by molar-refractivity contribution is 5.97. The van der Waals surface area contributed by atoms with Gasteiger partial charge in [-0.1, -0.05) is 6.07 Å². The molecule has 0 atom stereocenters. The summed E-state index contributed by atoms with van der Waals surface area (Å²) in [6.07, 6.45) is 0. The van der Waals surface area contributed by atoms with E-state index < -0.39 is 17.5 Å². The second-order valence-electron chi connectivity index (χ2n) is 5.33. The van der Waals surface area contributed by atoms with Crippen molar-refractivity contribution in [3.63, 3.8) is 0 Å². The van der Waals surface area contributed by atoms with Gasteiger partial charge < -0.3 is 14.8 Å². The molecule has 1 aromatic heterocycles. The molecule has 1 amide bonds. The molecule has 0 bridgehead atoms. The molecule has 0 aliphatic rings. The number of amides is 1. The third-order valence-corrected chi connectivity index (χ3v) is 3.74. The highest BCUT2D eigenvalue weighted by atomic mass is 19.2. The smallest absolute Gasteiger partial charge is 0.255 e. The van der Waals surface area contributed by atoms with Crippen molar-refractivity contribution in [1.29, 1.82) is 0 Å². The molecule has 0 fully saturated rings. The first kappa shape index (κ1) is 18.2. The van der Waals surface area contributed by atoms with E-state index in [0.717, 1.165) is 12.1 Å². The molecule has 1 heterocycles. The Kier molecular flexibility index (Phi) is 5.25. The van der Waals surface area contributed by atoms with Crippen LogP contribution in [-0.2, 0) is 6.54 Å². The number of halogens is 2. The quantitative estimate of drug-likeness (QED) is 0.708. The number of para-hydroxylation sites is 1. The van der Waals surface area contributed by atoms with Crippen LogP contribution >= 0.6 is 0 Å². The Morgan fingerprint density at radius 2 is 1.96 bits per heavy atom. The minimum absolute atomic E-state index is 0.0504. The number of benzene rings is 2. The van der Waals surface area contributed by atoms with Gasteiger partial charge in [0.25, 0.3) is 5.91 Å². The zero-order chi connectivity index (χ0) is 19.4. The van der Waals surface area contributed by atoms with Crippen LogP contribution in [0.25, 0.3) is 5.69 Å². The van der Waals surface area contributed by atoms with Gasteiger partial charge in [0.05, 0.1) is 32.0 Å². The van der Waals surface area contributed by atoms with Crippen LogP contribution in [0, 0.1) is 11.6 Å². The number of hydrogen-bond acceptors (Lipinski definition) is 6. The Morgan fingerprint density at radius 3 is 2.67 bits per heavy atom. The van der Waals surface area contributed by atoms with Gasteiger partial charge in [-0.3, -0.25) is 4.79 Å². The summed E-state index contributed by atoms with van der Waals surface area (Å²) in [6, 6.07) is 8.15. The first-order valence-corrected chi connectivity index (χ1v) is 7.77. The van der Waals surface area contributed by atoms with Crippen molar-refractivity contribution in [1.82, 2.24) is 25.5 Å². The number of ether oxygens (including phenoxy) is 2. The first-order chi connectivity index (χ1) is 13.0. The minimum Gasteiger partial charge on any atom is -0.493 e. The van der Waals surface area contributed by atoms with Gasteiger partial charge in [-0.05, 0) is 34.7 Å². The molecule has 27 heavy (non-hydrogen) atoms. The molecule has 3 rings (SSSR count). The van der Waals surface area contributed by atoms with Crippen molar-refractivity contribution in [3.8, 4) is 17.2 Å². The molecule has 3 aromatic rings. The predicted molar refractivity (Wildman–Crippen MR) is 89.8 cm³/mol. The lowest BCUT2D eigenvalue weighted by Gasteiger charge is -2.12. The Bertz CT molecular complexity index is 977. The summed E-state index contributed by atoms with van der Waals surface area (Å²) in [7, 11) is 2.90. The second kappa shape index (κ2) is 7.77. The number of aromatic nitrogens is 4. The molecule has 0 saturated carbocycles. The molecule has 0 unspecified atom stereocenters. The number of nitrogens with zero attached hydrogens (tertiary/aromatic N) is 4. The standard InChI is InChI=1S/C17H15F2N5O3/c1-26-14-5-3-4-11(16(14)27-2)17(25)20-9-15-21-22-23-24(15)10-6-7-12(18)13(19)8-10/h3-8H,9H2,1-2H3,(H,20,25). The van der Waals surface area contributed by atoms with Gasteiger partial charge in [0.1, 0.15) is 0 Å². The van der Waals surface area contributed by atoms with E-state index in [-0.39, 0.29) is 29.4 Å². The van der Waals surface area contributed by atoms with Crippen LogP contribution in [0.2, 0.25) is 0 Å². The summed E-state index contributed by atoms with van der Waals surface area (Å²) >= 11 is 0. The van der Waals surface area contributed by atoms with Crippen LogP contribution in [0.3, 0.4) is 0 Å². The topological polar surface area (TPSA) is 91.2 Å². The van der Waals surface area contributed by atoms with E-state index in [1.807, 2.05) is 0 Å². The predicted octanol–water partition coefficient (Wildman–Crippen LogP) is 1.89. The van der Waals surface area contributed by atoms with Crippen molar-refractivity contribution in [2.75, 3.05) is 14.2 Å². The number of nitrogens with one attached hydrogen (secondary N) is 1. The molecular weight excluding hydrogens is 360 g/mol. The zero-order valence-corrected chi connectivity index (χ0v) is 14.4. The van der Waals surface area contributed by atoms with Crippen LogP contribution in [0.4, 0.5) is 8.78 Å². The number of rotatable bonds is 6. The van der Waals surface area contributed by atoms with Crippen LogP contribution in [0.5, 0.6) is 11.5 Å². The highest BCUT2D eigenvalue weighted by Crippen LogP contribution is 2.30. The number of carbonyl (C=O) groups excluding carboxylic acids is 1. The summed E-state index contributed by atoms with van der Waals surface area (Å²) in [6.45, 7) is -0.0504. The average Bonchev–Trinajstić information content (AvgIpc) is 3.16. The van der Waals surface area contributed by atoms with Gasteiger partial charge >= 0.3 is 0 Å². The van der Waals surface area contributed by atoms with E-state index in [1.54, 1.807) is 18.2 Å². The normalized spacial score (nSPS) is 10.5. The lowest BCUT2D eigenvalue weighted by Crippen LogP contribution is -2.25. The SMILES string of the molecule is COc1cccc(C(=O)NCc2nnnn2-c2ccc(F)c(F)c2)c1OC. The molecule has 10 heteroatoms. The molecule has 1 N–H and O–H groups in total. The van der Waals surface area contributed by atoms with Crippen molar-refractivity contribution < 1.29 is 23.0 Å². The maximum Gasteiger partial charge on any atom is 0.255 e. The molecule has 0 saturated heterocycles. The van der Waals surface area contributed by atoms with E-state index in [0.29, 0.717) is 5.75 Å². The van der Waals surface area contributed by atoms with Crippen molar-refractivity contribution in [2.24, 2.45) is 0 Å². The van der Waals surface area contributed by atoms with Gasteiger partial charge in [0, 0.05) is 6.07 Å². The summed E-state index contributed by atoms with van der Waals surface area (Å²) in [4.78, 5) is 12.5. The molecule has 140 valence electrons. The maximum absolute atomic E-state index is 13.4. The fourth-order valence-corrected chi connectivity index (χ4v) is 2.45. The molecular formula is C17H15F2N5O3. The van der Waals surface area contributed by atoms with E-state index in [2.05, 4.69) is 20.8 Å². The molecule has 0 radical (unpaired) electrons. The molecule has 0 spiro atoms. The van der Waals surface area contributed by atoms with Gasteiger partial charge in [-0.2, -0.15) is 4.68 Å². The van der Waals surface area contributed by atoms with Gasteiger partial charge in [-0.25, -0.2) is 8.78 Å². The molecule has 2 aromatic carbocycles. The largest absolute Gasteiger partial charge is 0.493 e. The third-order valence-electron chi connectivity index (χ3n) is 3.74. The van der Waals surface area contributed by atoms with Gasteiger partial charge in [0.15, 0.2) is 29.0 Å². The maximum atomic E-state index is 13.4. The average molecular weight is 375 g/mol. The van der Waals surface area contributed by atoms with E-state index in [1.165, 1.54) is 25.0 Å². The molecule has 8 nitrogen and oxygen atoms in total. The van der Waals surface area contributed by atoms with E-state index >= 15 is 0 Å². The summed E-state index contributed by atoms with van der Waals surface area (Å²) in [5.74, 6) is -1.51. The number of tetrazole rings is 1. The monoisotopic (exact) mass is 375 g/mol. The van der Waals surface area contributed by atoms with Crippen LogP contribution < -0.4 is 14.8 Å². The highest BCUT2D eigenvalue weighted by Gasteiger charge is 2.18. The van der Waals surface area contributed by atoms with E-state index in [9.17, 15) is 13.6 Å². The Balaban J connectivity index is 1.80. The number of hydrogen-bond donors (Lipinski definition) is 1. The fourth-order valence-electron chi connectivity index (χ4n) is 2.45. The minimum atomic E-state index is -1.03. The van der Waals surface area contributed by atoms with Crippen LogP contribution in [0.15, 0.2) is 36.4 Å². The molecule has 0 aliphatic carbocycles. The van der Waals surface area contributed by atoms with Crippen molar-refractivity contribution >= 4 is 5.91 Å². The van der Waals surface area contributed by atoms with Crippen LogP contribution in [0.1, 0.15) is 16.2 Å². The molecule has 0 aliphatic heterocycles. The Labute approximate surface area is 152 Å². The summed E-state index contributed by atoms with van der Waals surface area (Å²) < 4.78 is 38.1. The number of carbonyl (C=O) groups is 1. The number of methoxy groups -OCH3 is 2. The van der Waals surface area contributed by atoms with Gasteiger partial charge in [-0.15, -0.1) is 5.10 Å². The summed E-state index contributed by atoms with van der Waals surface area (Å²) in [5.41, 5.74) is 0.491. The Morgan fingerprint density at radius 1 is 1.15 bits per heavy atom. The first-order valence-electron chi connectivity index (χ1n) is 7.77. The van der Waals surface area contributed by atoms with Crippen molar-refractivity contribution in [3.05, 3.63) is 59.4 Å². The zero-order valence-electron chi connectivity index (χ0n) is 14.4. The van der Waals surface area contributed by atoms with E-state index in [4.69, 9.17) is 9.47 Å². The Hall–Kier alpha value is -3.56. The fraction of sp³-hybridized carbons (Fsp3) is 0.176. The van der Waals surface area contributed by atoms with Gasteiger partial charge in [0.2, 0.25) is 0 Å². The summed E-state index contributed by atoms with van der Waals surface area (Å²) in [5, 5.41) is 13.7. The lowest BCUT2D eigenvalue weighted by atomic mass is 10.1. The van der Waals surface area contributed by atoms with Crippen LogP contribution in [-0.4, -0.2) is 40.3 Å². The second-order valence-corrected chi connectivity index (χ2v) is 5.33. The van der Waals surface area contributed by atoms with Crippen molar-refractivity contribution in [2.45, 2.75) is 6.54 Å².